The van der Waals surface area contributed by atoms with Crippen LogP contribution in [0.4, 0.5) is 0 Å². The number of aromatic nitrogens is 2. The van der Waals surface area contributed by atoms with Crippen molar-refractivity contribution in [2.24, 2.45) is 0 Å². The topological polar surface area (TPSA) is 92.4 Å². The maximum absolute atomic E-state index is 13.5. The Balaban J connectivity index is 1.47. The van der Waals surface area contributed by atoms with Gasteiger partial charge >= 0.3 is 5.97 Å². The average molecular weight is 439 g/mol. The molecule has 2 heterocycles. The molecule has 3 aromatic carbocycles. The van der Waals surface area contributed by atoms with Gasteiger partial charge in [-0.25, -0.2) is 9.78 Å². The third-order valence-corrected chi connectivity index (χ3v) is 5.70. The van der Waals surface area contributed by atoms with Crippen LogP contribution in [-0.4, -0.2) is 32.8 Å². The van der Waals surface area contributed by atoms with E-state index in [1.165, 1.54) is 0 Å². The summed E-state index contributed by atoms with van der Waals surface area (Å²) in [5, 5.41) is 0.486. The molecule has 33 heavy (non-hydrogen) atoms. The number of carbonyl (C=O) groups is 2. The molecular weight excluding hydrogens is 418 g/mol. The number of nitrogens with one attached hydrogen (secondary N) is 1. The summed E-state index contributed by atoms with van der Waals surface area (Å²) in [6.07, 6.45) is -0.642. The smallest absolute Gasteiger partial charge is 0.339 e. The van der Waals surface area contributed by atoms with Crippen molar-refractivity contribution < 1.29 is 14.3 Å². The lowest BCUT2D eigenvalue weighted by Crippen LogP contribution is -2.44. The predicted molar refractivity (Wildman–Crippen MR) is 122 cm³/mol. The molecule has 1 aliphatic rings. The summed E-state index contributed by atoms with van der Waals surface area (Å²) in [5.74, 6) is -0.477. The largest absolute Gasteiger partial charge is 0.448 e. The van der Waals surface area contributed by atoms with Gasteiger partial charge in [-0.15, -0.1) is 0 Å². The van der Waals surface area contributed by atoms with Gasteiger partial charge in [-0.2, -0.15) is 0 Å². The molecule has 0 saturated heterocycles. The number of benzene rings is 3. The summed E-state index contributed by atoms with van der Waals surface area (Å²) in [7, 11) is 0. The number of carbonyl (C=O) groups excluding carboxylic acids is 2. The van der Waals surface area contributed by atoms with Crippen LogP contribution in [0.2, 0.25) is 0 Å². The van der Waals surface area contributed by atoms with Crippen LogP contribution >= 0.6 is 0 Å². The molecule has 164 valence electrons. The highest BCUT2D eigenvalue weighted by Gasteiger charge is 2.34. The highest BCUT2D eigenvalue weighted by Crippen LogP contribution is 2.23. The van der Waals surface area contributed by atoms with Crippen molar-refractivity contribution >= 4 is 22.8 Å². The summed E-state index contributed by atoms with van der Waals surface area (Å²) in [6.45, 7) is 0.357. The molecule has 1 unspecified atom stereocenters. The number of hydrogen-bond donors (Lipinski definition) is 1. The summed E-state index contributed by atoms with van der Waals surface area (Å²) in [4.78, 5) is 47.4. The Kier molecular flexibility index (Phi) is 5.44. The Morgan fingerprint density at radius 3 is 2.52 bits per heavy atom. The van der Waals surface area contributed by atoms with Crippen LogP contribution in [0, 0.1) is 0 Å². The molecular formula is C26H21N3O4. The fraction of sp³-hybridized carbons (Fsp3) is 0.154. The van der Waals surface area contributed by atoms with Crippen LogP contribution in [-0.2, 0) is 29.0 Å². The highest BCUT2D eigenvalue weighted by molar-refractivity contribution is 5.95. The number of H-pyrrole nitrogens is 1. The van der Waals surface area contributed by atoms with Gasteiger partial charge in [-0.3, -0.25) is 9.59 Å². The van der Waals surface area contributed by atoms with Gasteiger partial charge < -0.3 is 14.6 Å². The first-order valence-corrected chi connectivity index (χ1v) is 10.7. The van der Waals surface area contributed by atoms with Crippen LogP contribution in [0.1, 0.15) is 27.3 Å². The van der Waals surface area contributed by atoms with E-state index in [4.69, 9.17) is 4.74 Å². The minimum Gasteiger partial charge on any atom is -0.448 e. The standard InChI is InChI=1S/C26H21N3O4/c30-24-20-12-6-7-13-21(20)27-23(28-24)16-29(15-17-8-2-1-3-9-17)25(31)22-14-18-10-4-5-11-19(18)26(32)33-22/h1-13,22H,14-16H2,(H,27,28,30). The van der Waals surface area contributed by atoms with E-state index in [2.05, 4.69) is 9.97 Å². The zero-order valence-corrected chi connectivity index (χ0v) is 17.7. The second-order valence-electron chi connectivity index (χ2n) is 7.96. The van der Waals surface area contributed by atoms with Crippen molar-refractivity contribution in [2.75, 3.05) is 0 Å². The number of cyclic esters (lactones) is 1. The van der Waals surface area contributed by atoms with Crippen LogP contribution in [0.15, 0.2) is 83.7 Å². The Labute approximate surface area is 189 Å². The lowest BCUT2D eigenvalue weighted by atomic mass is 9.98. The summed E-state index contributed by atoms with van der Waals surface area (Å²) < 4.78 is 5.50. The van der Waals surface area contributed by atoms with Crippen LogP contribution in [0.5, 0.6) is 0 Å². The van der Waals surface area contributed by atoms with Crippen LogP contribution in [0.3, 0.4) is 0 Å². The van der Waals surface area contributed by atoms with Gasteiger partial charge in [0.15, 0.2) is 6.10 Å². The highest BCUT2D eigenvalue weighted by atomic mass is 16.5. The number of hydrogen-bond acceptors (Lipinski definition) is 5. The predicted octanol–water partition coefficient (Wildman–Crippen LogP) is 3.23. The number of rotatable bonds is 5. The first-order valence-electron chi connectivity index (χ1n) is 10.7. The summed E-state index contributed by atoms with van der Waals surface area (Å²) in [5.41, 5.74) is 2.47. The fourth-order valence-electron chi connectivity index (χ4n) is 4.08. The minimum absolute atomic E-state index is 0.0729. The summed E-state index contributed by atoms with van der Waals surface area (Å²) in [6, 6.07) is 23.7. The molecule has 0 radical (unpaired) electrons. The van der Waals surface area contributed by atoms with E-state index in [1.54, 1.807) is 35.2 Å². The monoisotopic (exact) mass is 439 g/mol. The number of nitrogens with zero attached hydrogens (tertiary/aromatic N) is 2. The van der Waals surface area contributed by atoms with Crippen molar-refractivity contribution in [2.45, 2.75) is 25.6 Å². The maximum atomic E-state index is 13.5. The van der Waals surface area contributed by atoms with Crippen LogP contribution in [0.25, 0.3) is 10.9 Å². The van der Waals surface area contributed by atoms with Gasteiger partial charge in [0.05, 0.1) is 23.0 Å². The van der Waals surface area contributed by atoms with Crippen molar-refractivity contribution in [1.82, 2.24) is 14.9 Å². The summed E-state index contributed by atoms with van der Waals surface area (Å²) >= 11 is 0. The SMILES string of the molecule is O=C1OC(C(=O)N(Cc2ccccc2)Cc2nc3ccccc3c(=O)[nH]2)Cc2ccccc21. The minimum atomic E-state index is -0.941. The van der Waals surface area contributed by atoms with Crippen molar-refractivity contribution in [3.05, 3.63) is 112 Å². The van der Waals surface area contributed by atoms with E-state index in [9.17, 15) is 14.4 Å². The van der Waals surface area contributed by atoms with Gasteiger partial charge in [-0.05, 0) is 29.3 Å². The maximum Gasteiger partial charge on any atom is 0.339 e. The molecule has 5 rings (SSSR count). The Morgan fingerprint density at radius 2 is 1.67 bits per heavy atom. The molecule has 0 aliphatic carbocycles. The van der Waals surface area contributed by atoms with E-state index in [0.29, 0.717) is 28.7 Å². The molecule has 0 bridgehead atoms. The van der Waals surface area contributed by atoms with Gasteiger partial charge in [0, 0.05) is 13.0 Å². The lowest BCUT2D eigenvalue weighted by molar-refractivity contribution is -0.142. The molecule has 4 aromatic rings. The van der Waals surface area contributed by atoms with E-state index in [1.807, 2.05) is 48.5 Å². The van der Waals surface area contributed by atoms with E-state index < -0.39 is 12.1 Å². The molecule has 0 fully saturated rings. The second kappa shape index (κ2) is 8.70. The number of ether oxygens (including phenoxy) is 1. The average Bonchev–Trinajstić information content (AvgIpc) is 2.84. The quantitative estimate of drug-likeness (QED) is 0.482. The molecule has 1 amide bonds. The number of esters is 1. The van der Waals surface area contributed by atoms with E-state index >= 15 is 0 Å². The van der Waals surface area contributed by atoms with Gasteiger partial charge in [0.25, 0.3) is 11.5 Å². The first-order chi connectivity index (χ1) is 16.1. The van der Waals surface area contributed by atoms with Crippen molar-refractivity contribution in [3.8, 4) is 0 Å². The molecule has 7 nitrogen and oxygen atoms in total. The normalized spacial score (nSPS) is 15.0. The molecule has 1 aliphatic heterocycles. The number of amides is 1. The molecule has 1 aromatic heterocycles. The molecule has 0 saturated carbocycles. The third-order valence-electron chi connectivity index (χ3n) is 5.70. The van der Waals surface area contributed by atoms with Crippen LogP contribution < -0.4 is 5.56 Å². The van der Waals surface area contributed by atoms with Gasteiger partial charge in [0.1, 0.15) is 5.82 Å². The first kappa shape index (κ1) is 20.6. The Morgan fingerprint density at radius 1 is 0.939 bits per heavy atom. The molecule has 1 atom stereocenters. The van der Waals surface area contributed by atoms with Crippen molar-refractivity contribution in [3.63, 3.8) is 0 Å². The van der Waals surface area contributed by atoms with E-state index in [0.717, 1.165) is 11.1 Å². The zero-order valence-electron chi connectivity index (χ0n) is 17.7. The third kappa shape index (κ3) is 4.25. The fourth-order valence-corrected chi connectivity index (χ4v) is 4.08. The van der Waals surface area contributed by atoms with Crippen molar-refractivity contribution in [1.29, 1.82) is 0 Å². The zero-order chi connectivity index (χ0) is 22.8. The number of fused-ring (bicyclic) bond motifs is 2. The van der Waals surface area contributed by atoms with Gasteiger partial charge in [-0.1, -0.05) is 60.7 Å². The Hall–Kier alpha value is -4.26. The Bertz CT molecular complexity index is 1400. The van der Waals surface area contributed by atoms with Gasteiger partial charge in [0.2, 0.25) is 0 Å². The molecule has 1 N–H and O–H groups in total. The second-order valence-corrected chi connectivity index (χ2v) is 7.96. The number of aromatic amines is 1. The number of para-hydroxylation sites is 1. The van der Waals surface area contributed by atoms with E-state index in [-0.39, 0.29) is 24.6 Å². The lowest BCUT2D eigenvalue weighted by Gasteiger charge is -2.30. The molecule has 0 spiro atoms. The molecule has 7 heteroatoms.